The first-order valence-electron chi connectivity index (χ1n) is 6.09. The van der Waals surface area contributed by atoms with Crippen LogP contribution in [-0.4, -0.2) is 21.9 Å². The Morgan fingerprint density at radius 2 is 2.00 bits per heavy atom. The fourth-order valence-electron chi connectivity index (χ4n) is 1.77. The van der Waals surface area contributed by atoms with E-state index in [1.807, 2.05) is 6.92 Å². The summed E-state index contributed by atoms with van der Waals surface area (Å²) in [4.78, 5) is 18.4. The third kappa shape index (κ3) is 2.82. The Kier molecular flexibility index (Phi) is 4.09. The smallest absolute Gasteiger partial charge is 0.269 e. The lowest BCUT2D eigenvalue weighted by atomic mass is 10.2. The van der Waals surface area contributed by atoms with Gasteiger partial charge in [0.15, 0.2) is 0 Å². The van der Waals surface area contributed by atoms with Gasteiger partial charge in [-0.2, -0.15) is 0 Å². The molecule has 0 radical (unpaired) electrons. The average Bonchev–Trinajstić information content (AvgIpc) is 2.47. The first-order valence-corrected chi connectivity index (χ1v) is 6.09. The maximum Gasteiger partial charge on any atom is 0.269 e. The molecular formula is C13H14N4O3. The van der Waals surface area contributed by atoms with Gasteiger partial charge in [-0.25, -0.2) is 9.97 Å². The summed E-state index contributed by atoms with van der Waals surface area (Å²) in [6, 6.07) is 5.86. The number of rotatable bonds is 5. The molecule has 0 fully saturated rings. The van der Waals surface area contributed by atoms with Crippen molar-refractivity contribution in [3.63, 3.8) is 0 Å². The van der Waals surface area contributed by atoms with E-state index in [0.29, 0.717) is 23.9 Å². The molecule has 0 bridgehead atoms. The molecule has 2 aromatic rings. The summed E-state index contributed by atoms with van der Waals surface area (Å²) in [5, 5.41) is 13.6. The zero-order chi connectivity index (χ0) is 14.5. The van der Waals surface area contributed by atoms with Crippen molar-refractivity contribution in [2.75, 3.05) is 12.4 Å². The molecule has 0 amide bonds. The highest BCUT2D eigenvalue weighted by atomic mass is 16.6. The molecule has 0 unspecified atom stereocenters. The van der Waals surface area contributed by atoms with Gasteiger partial charge in [0.25, 0.3) is 5.69 Å². The molecule has 2 rings (SSSR count). The topological polar surface area (TPSA) is 90.2 Å². The summed E-state index contributed by atoms with van der Waals surface area (Å²) in [5.74, 6) is 1.64. The van der Waals surface area contributed by atoms with Crippen molar-refractivity contribution < 1.29 is 9.66 Å². The molecule has 0 spiro atoms. The van der Waals surface area contributed by atoms with Crippen LogP contribution in [0.1, 0.15) is 12.5 Å². The van der Waals surface area contributed by atoms with Crippen LogP contribution in [0.3, 0.4) is 0 Å². The van der Waals surface area contributed by atoms with Gasteiger partial charge in [-0.1, -0.05) is 6.92 Å². The second kappa shape index (κ2) is 5.96. The number of hydrogen-bond acceptors (Lipinski definition) is 6. The number of hydrogen-bond donors (Lipinski definition) is 1. The van der Waals surface area contributed by atoms with Crippen molar-refractivity contribution in [3.8, 4) is 11.6 Å². The molecule has 1 aromatic carbocycles. The average molecular weight is 274 g/mol. The molecule has 1 heterocycles. The SMILES string of the molecule is CCc1c(NC)ncnc1Oc1ccc([N+](=O)[O-])cc1. The third-order valence-corrected chi connectivity index (χ3v) is 2.76. The van der Waals surface area contributed by atoms with Gasteiger partial charge >= 0.3 is 0 Å². The van der Waals surface area contributed by atoms with E-state index in [4.69, 9.17) is 4.74 Å². The van der Waals surface area contributed by atoms with Gasteiger partial charge in [0.1, 0.15) is 17.9 Å². The van der Waals surface area contributed by atoms with E-state index in [9.17, 15) is 10.1 Å². The van der Waals surface area contributed by atoms with E-state index in [1.54, 1.807) is 19.2 Å². The Hall–Kier alpha value is -2.70. The lowest BCUT2D eigenvalue weighted by Crippen LogP contribution is -2.02. The van der Waals surface area contributed by atoms with Crippen LogP contribution in [0.25, 0.3) is 0 Å². The van der Waals surface area contributed by atoms with Crippen molar-refractivity contribution in [1.29, 1.82) is 0 Å². The van der Waals surface area contributed by atoms with Crippen LogP contribution in [0.15, 0.2) is 30.6 Å². The number of nitro benzene ring substituents is 1. The number of benzene rings is 1. The Balaban J connectivity index is 2.27. The summed E-state index contributed by atoms with van der Waals surface area (Å²) in [6.45, 7) is 1.97. The Morgan fingerprint density at radius 3 is 2.55 bits per heavy atom. The van der Waals surface area contributed by atoms with E-state index in [0.717, 1.165) is 5.56 Å². The summed E-state index contributed by atoms with van der Waals surface area (Å²) < 4.78 is 5.66. The first-order chi connectivity index (χ1) is 9.65. The predicted molar refractivity (Wildman–Crippen MR) is 74.1 cm³/mol. The number of aromatic nitrogens is 2. The van der Waals surface area contributed by atoms with Crippen LogP contribution < -0.4 is 10.1 Å². The van der Waals surface area contributed by atoms with Crippen molar-refractivity contribution in [1.82, 2.24) is 9.97 Å². The molecular weight excluding hydrogens is 260 g/mol. The third-order valence-electron chi connectivity index (χ3n) is 2.76. The van der Waals surface area contributed by atoms with Crippen LogP contribution in [-0.2, 0) is 6.42 Å². The summed E-state index contributed by atoms with van der Waals surface area (Å²) in [7, 11) is 1.77. The molecule has 1 aromatic heterocycles. The summed E-state index contributed by atoms with van der Waals surface area (Å²) in [5.41, 5.74) is 0.875. The zero-order valence-electron chi connectivity index (χ0n) is 11.2. The molecule has 0 aliphatic rings. The number of nitrogens with one attached hydrogen (secondary N) is 1. The molecule has 20 heavy (non-hydrogen) atoms. The molecule has 104 valence electrons. The van der Waals surface area contributed by atoms with Gasteiger partial charge in [0.2, 0.25) is 5.88 Å². The number of nitrogens with zero attached hydrogens (tertiary/aromatic N) is 3. The standard InChI is InChI=1S/C13H14N4O3/c1-3-11-12(14-2)15-8-16-13(11)20-10-6-4-9(5-7-10)17(18)19/h4-8H,3H2,1-2H3,(H,14,15,16). The van der Waals surface area contributed by atoms with E-state index in [-0.39, 0.29) is 5.69 Å². The minimum absolute atomic E-state index is 0.0201. The minimum Gasteiger partial charge on any atom is -0.439 e. The highest BCUT2D eigenvalue weighted by molar-refractivity contribution is 5.49. The normalized spacial score (nSPS) is 10.1. The molecule has 0 aliphatic carbocycles. The Morgan fingerprint density at radius 1 is 1.30 bits per heavy atom. The summed E-state index contributed by atoms with van der Waals surface area (Å²) in [6.07, 6.45) is 2.12. The number of anilines is 1. The predicted octanol–water partition coefficient (Wildman–Crippen LogP) is 2.78. The van der Waals surface area contributed by atoms with E-state index < -0.39 is 4.92 Å². The van der Waals surface area contributed by atoms with Crippen LogP contribution in [0.5, 0.6) is 11.6 Å². The van der Waals surface area contributed by atoms with Crippen LogP contribution in [0, 0.1) is 10.1 Å². The molecule has 7 heteroatoms. The highest BCUT2D eigenvalue weighted by Crippen LogP contribution is 2.28. The van der Waals surface area contributed by atoms with Gasteiger partial charge in [-0.3, -0.25) is 10.1 Å². The van der Waals surface area contributed by atoms with Gasteiger partial charge in [0, 0.05) is 19.2 Å². The van der Waals surface area contributed by atoms with E-state index >= 15 is 0 Å². The molecule has 1 N–H and O–H groups in total. The van der Waals surface area contributed by atoms with Crippen LogP contribution >= 0.6 is 0 Å². The van der Waals surface area contributed by atoms with Crippen molar-refractivity contribution in [2.24, 2.45) is 0 Å². The maximum absolute atomic E-state index is 10.6. The van der Waals surface area contributed by atoms with Gasteiger partial charge in [-0.15, -0.1) is 0 Å². The fraction of sp³-hybridized carbons (Fsp3) is 0.231. The van der Waals surface area contributed by atoms with E-state index in [1.165, 1.54) is 18.5 Å². The second-order valence-corrected chi connectivity index (χ2v) is 3.96. The molecule has 0 atom stereocenters. The minimum atomic E-state index is -0.453. The van der Waals surface area contributed by atoms with Gasteiger partial charge in [0.05, 0.1) is 10.5 Å². The van der Waals surface area contributed by atoms with Crippen molar-refractivity contribution in [2.45, 2.75) is 13.3 Å². The number of ether oxygens (including phenoxy) is 1. The highest BCUT2D eigenvalue weighted by Gasteiger charge is 2.11. The van der Waals surface area contributed by atoms with Gasteiger partial charge in [-0.05, 0) is 18.6 Å². The van der Waals surface area contributed by atoms with Crippen molar-refractivity contribution >= 4 is 11.5 Å². The molecule has 0 saturated carbocycles. The molecule has 7 nitrogen and oxygen atoms in total. The quantitative estimate of drug-likeness (QED) is 0.666. The van der Waals surface area contributed by atoms with E-state index in [2.05, 4.69) is 15.3 Å². The Labute approximate surface area is 115 Å². The molecule has 0 aliphatic heterocycles. The summed E-state index contributed by atoms with van der Waals surface area (Å²) >= 11 is 0. The van der Waals surface area contributed by atoms with Gasteiger partial charge < -0.3 is 10.1 Å². The lowest BCUT2D eigenvalue weighted by Gasteiger charge is -2.11. The van der Waals surface area contributed by atoms with Crippen LogP contribution in [0.2, 0.25) is 0 Å². The largest absolute Gasteiger partial charge is 0.439 e. The fourth-order valence-corrected chi connectivity index (χ4v) is 1.77. The Bertz CT molecular complexity index is 614. The maximum atomic E-state index is 10.6. The first kappa shape index (κ1) is 13.7. The monoisotopic (exact) mass is 274 g/mol. The second-order valence-electron chi connectivity index (χ2n) is 3.96. The van der Waals surface area contributed by atoms with Crippen LogP contribution in [0.4, 0.5) is 11.5 Å². The zero-order valence-corrected chi connectivity index (χ0v) is 11.2. The number of nitro groups is 1. The molecule has 0 saturated heterocycles. The number of non-ortho nitro benzene ring substituents is 1. The van der Waals surface area contributed by atoms with Crippen molar-refractivity contribution in [3.05, 3.63) is 46.3 Å². The lowest BCUT2D eigenvalue weighted by molar-refractivity contribution is -0.384.